The van der Waals surface area contributed by atoms with Crippen molar-refractivity contribution in [1.29, 1.82) is 5.41 Å². The summed E-state index contributed by atoms with van der Waals surface area (Å²) in [6, 6.07) is 5.06. The van der Waals surface area contributed by atoms with Crippen LogP contribution in [-0.4, -0.2) is 71.4 Å². The highest BCUT2D eigenvalue weighted by Crippen LogP contribution is 2.44. The minimum Gasteiger partial charge on any atom is -0.480 e. The highest BCUT2D eigenvalue weighted by Gasteiger charge is 2.53. The molecule has 2 fully saturated rings. The molecule has 0 aromatic heterocycles. The number of nitrogens with one attached hydrogen (secondary N) is 2. The van der Waals surface area contributed by atoms with Crippen LogP contribution in [0.4, 0.5) is 10.5 Å². The molecule has 3 rings (SSSR count). The Balaban J connectivity index is 1.54. The van der Waals surface area contributed by atoms with Crippen LogP contribution in [-0.2, 0) is 23.9 Å². The second kappa shape index (κ2) is 11.8. The first-order chi connectivity index (χ1) is 17.6. The molecule has 1 spiro atoms. The maximum atomic E-state index is 13.3. The smallest absolute Gasteiger partial charge is 0.407 e. The summed E-state index contributed by atoms with van der Waals surface area (Å²) in [5.74, 6) is -2.28. The van der Waals surface area contributed by atoms with Crippen LogP contribution in [0, 0.1) is 10.8 Å². The average Bonchev–Trinajstić information content (AvgIpc) is 3.10. The van der Waals surface area contributed by atoms with Crippen LogP contribution >= 0.6 is 0 Å². The summed E-state index contributed by atoms with van der Waals surface area (Å²) in [7, 11) is 0. The highest BCUT2D eigenvalue weighted by atomic mass is 16.5. The van der Waals surface area contributed by atoms with Gasteiger partial charge in [-0.15, -0.1) is 0 Å². The molecule has 2 aliphatic heterocycles. The molecule has 0 saturated carbocycles. The number of aliphatic carboxylic acids is 1. The Morgan fingerprint density at radius 2 is 1.84 bits per heavy atom. The lowest BCUT2D eigenvalue weighted by atomic mass is 9.77. The zero-order valence-corrected chi connectivity index (χ0v) is 20.8. The van der Waals surface area contributed by atoms with Crippen molar-refractivity contribution in [2.75, 3.05) is 24.6 Å². The molecule has 1 atom stereocenters. The lowest BCUT2D eigenvalue weighted by molar-refractivity contribution is -0.141. The SMILES string of the molecule is CCCCOC(=O)N[C@@H](CCC(=O)N1CCC2(CC1)CC(=O)N(c1ccc(C(=N)N)cc1)C2=O)C(=O)O. The summed E-state index contributed by atoms with van der Waals surface area (Å²) in [6.07, 6.45) is 1.14. The zero-order chi connectivity index (χ0) is 27.2. The Morgan fingerprint density at radius 1 is 1.19 bits per heavy atom. The molecule has 1 aromatic rings. The number of imide groups is 1. The number of nitrogen functional groups attached to an aromatic ring is 1. The molecule has 200 valence electrons. The Hall–Kier alpha value is -3.96. The van der Waals surface area contributed by atoms with Gasteiger partial charge in [0.05, 0.1) is 17.7 Å². The Labute approximate surface area is 214 Å². The van der Waals surface area contributed by atoms with Crippen LogP contribution in [0.2, 0.25) is 0 Å². The second-order valence-electron chi connectivity index (χ2n) is 9.40. The predicted octanol–water partition coefficient (Wildman–Crippen LogP) is 1.60. The highest BCUT2D eigenvalue weighted by molar-refractivity contribution is 6.22. The van der Waals surface area contributed by atoms with Gasteiger partial charge in [0.2, 0.25) is 17.7 Å². The maximum Gasteiger partial charge on any atom is 0.407 e. The van der Waals surface area contributed by atoms with Crippen LogP contribution in [0.1, 0.15) is 57.4 Å². The number of carbonyl (C=O) groups excluding carboxylic acids is 4. The number of carboxylic acids is 1. The largest absolute Gasteiger partial charge is 0.480 e. The van der Waals surface area contributed by atoms with Gasteiger partial charge >= 0.3 is 12.1 Å². The van der Waals surface area contributed by atoms with Gasteiger partial charge in [-0.3, -0.25) is 24.7 Å². The Bertz CT molecular complexity index is 1060. The molecule has 0 bridgehead atoms. The number of amidine groups is 1. The van der Waals surface area contributed by atoms with Gasteiger partial charge in [0, 0.05) is 31.5 Å². The number of anilines is 1. The minimum atomic E-state index is -1.26. The summed E-state index contributed by atoms with van der Waals surface area (Å²) in [6.45, 7) is 2.64. The number of rotatable bonds is 10. The van der Waals surface area contributed by atoms with Crippen molar-refractivity contribution in [1.82, 2.24) is 10.2 Å². The van der Waals surface area contributed by atoms with Gasteiger partial charge in [0.15, 0.2) is 0 Å². The molecule has 0 unspecified atom stereocenters. The van der Waals surface area contributed by atoms with E-state index in [0.29, 0.717) is 30.5 Å². The normalized spacial score (nSPS) is 17.5. The molecule has 37 heavy (non-hydrogen) atoms. The molecule has 4 amide bonds. The fourth-order valence-corrected chi connectivity index (χ4v) is 4.60. The van der Waals surface area contributed by atoms with E-state index in [1.54, 1.807) is 29.2 Å². The van der Waals surface area contributed by atoms with E-state index >= 15 is 0 Å². The van der Waals surface area contributed by atoms with E-state index in [1.807, 2.05) is 6.92 Å². The number of amides is 4. The number of nitrogens with zero attached hydrogens (tertiary/aromatic N) is 2. The van der Waals surface area contributed by atoms with E-state index in [-0.39, 0.29) is 62.5 Å². The molecule has 0 radical (unpaired) electrons. The Morgan fingerprint density at radius 3 is 2.41 bits per heavy atom. The standard InChI is InChI=1S/C25H33N5O7/c1-2-3-14-37-24(36)28-18(22(33)34)8-9-19(31)29-12-10-25(11-13-29)15-20(32)30(23(25)35)17-6-4-16(5-7-17)21(26)27/h4-7,18H,2-3,8-15H2,1H3,(H3,26,27)(H,28,36)(H,33,34)/t18-/m0/s1. The zero-order valence-electron chi connectivity index (χ0n) is 20.8. The summed E-state index contributed by atoms with van der Waals surface area (Å²) in [5, 5.41) is 19.1. The second-order valence-corrected chi connectivity index (χ2v) is 9.40. The molecule has 2 saturated heterocycles. The maximum absolute atomic E-state index is 13.3. The number of hydrogen-bond donors (Lipinski definition) is 4. The summed E-state index contributed by atoms with van der Waals surface area (Å²) in [5.41, 5.74) is 5.48. The lowest BCUT2D eigenvalue weighted by Gasteiger charge is -2.37. The number of ether oxygens (including phenoxy) is 1. The van der Waals surface area contributed by atoms with E-state index in [1.165, 1.54) is 0 Å². The van der Waals surface area contributed by atoms with E-state index in [2.05, 4.69) is 5.32 Å². The van der Waals surface area contributed by atoms with Gasteiger partial charge in [0.25, 0.3) is 0 Å². The minimum absolute atomic E-state index is 0.0491. The molecule has 0 aliphatic carbocycles. The van der Waals surface area contributed by atoms with E-state index < -0.39 is 23.5 Å². The lowest BCUT2D eigenvalue weighted by Crippen LogP contribution is -2.47. The third-order valence-corrected chi connectivity index (χ3v) is 6.87. The number of benzene rings is 1. The number of hydrogen-bond acceptors (Lipinski definition) is 7. The van der Waals surface area contributed by atoms with Crippen molar-refractivity contribution < 1.29 is 33.8 Å². The number of likely N-dealkylation sites (tertiary alicyclic amines) is 1. The number of nitrogens with two attached hydrogens (primary N) is 1. The summed E-state index contributed by atoms with van der Waals surface area (Å²) in [4.78, 5) is 64.8. The quantitative estimate of drug-likeness (QED) is 0.157. The van der Waals surface area contributed by atoms with Gasteiger partial charge in [-0.25, -0.2) is 9.59 Å². The number of carboxylic acid groups (broad SMARTS) is 1. The third kappa shape index (κ3) is 6.43. The summed E-state index contributed by atoms with van der Waals surface area (Å²) >= 11 is 0. The van der Waals surface area contributed by atoms with Crippen molar-refractivity contribution in [3.05, 3.63) is 29.8 Å². The topological polar surface area (TPSA) is 183 Å². The number of piperidine rings is 1. The number of alkyl carbamates (subject to hydrolysis) is 1. The van der Waals surface area contributed by atoms with Crippen molar-refractivity contribution in [3.63, 3.8) is 0 Å². The fraction of sp³-hybridized carbons (Fsp3) is 0.520. The van der Waals surface area contributed by atoms with Crippen LogP contribution in [0.25, 0.3) is 0 Å². The number of carbonyl (C=O) groups is 5. The first-order valence-electron chi connectivity index (χ1n) is 12.3. The molecule has 2 heterocycles. The van der Waals surface area contributed by atoms with Gasteiger partial charge in [-0.1, -0.05) is 13.3 Å². The third-order valence-electron chi connectivity index (χ3n) is 6.87. The van der Waals surface area contributed by atoms with E-state index in [9.17, 15) is 29.1 Å². The number of unbranched alkanes of at least 4 members (excludes halogenated alkanes) is 1. The molecule has 12 nitrogen and oxygen atoms in total. The van der Waals surface area contributed by atoms with E-state index in [4.69, 9.17) is 15.9 Å². The molecular weight excluding hydrogens is 482 g/mol. The molecular formula is C25H33N5O7. The van der Waals surface area contributed by atoms with Crippen molar-refractivity contribution >= 4 is 41.3 Å². The predicted molar refractivity (Wildman–Crippen MR) is 133 cm³/mol. The van der Waals surface area contributed by atoms with Crippen LogP contribution in [0.3, 0.4) is 0 Å². The van der Waals surface area contributed by atoms with Crippen LogP contribution in [0.5, 0.6) is 0 Å². The van der Waals surface area contributed by atoms with Gasteiger partial charge in [-0.05, 0) is 49.9 Å². The molecule has 1 aromatic carbocycles. The molecule has 12 heteroatoms. The summed E-state index contributed by atoms with van der Waals surface area (Å²) < 4.78 is 4.93. The molecule has 5 N–H and O–H groups in total. The molecule has 2 aliphatic rings. The van der Waals surface area contributed by atoms with Gasteiger partial charge in [-0.2, -0.15) is 0 Å². The first kappa shape index (κ1) is 27.6. The van der Waals surface area contributed by atoms with Crippen molar-refractivity contribution in [2.45, 2.75) is 57.9 Å². The van der Waals surface area contributed by atoms with Crippen molar-refractivity contribution in [3.8, 4) is 0 Å². The average molecular weight is 516 g/mol. The van der Waals surface area contributed by atoms with Gasteiger partial charge in [0.1, 0.15) is 11.9 Å². The van der Waals surface area contributed by atoms with Crippen LogP contribution < -0.4 is 16.0 Å². The first-order valence-corrected chi connectivity index (χ1v) is 12.3. The Kier molecular flexibility index (Phi) is 8.85. The fourth-order valence-electron chi connectivity index (χ4n) is 4.60. The van der Waals surface area contributed by atoms with Gasteiger partial charge < -0.3 is 25.8 Å². The van der Waals surface area contributed by atoms with Crippen molar-refractivity contribution in [2.24, 2.45) is 11.1 Å². The van der Waals surface area contributed by atoms with Crippen LogP contribution in [0.15, 0.2) is 24.3 Å². The van der Waals surface area contributed by atoms with E-state index in [0.717, 1.165) is 11.3 Å². The monoisotopic (exact) mass is 515 g/mol.